The van der Waals surface area contributed by atoms with Crippen LogP contribution in [0.1, 0.15) is 17.4 Å². The van der Waals surface area contributed by atoms with Gasteiger partial charge < -0.3 is 15.1 Å². The molecule has 0 radical (unpaired) electrons. The van der Waals surface area contributed by atoms with Gasteiger partial charge in [0.2, 0.25) is 0 Å². The average Bonchev–Trinajstić information content (AvgIpc) is 3.30. The second kappa shape index (κ2) is 9.04. The van der Waals surface area contributed by atoms with Crippen LogP contribution in [-0.2, 0) is 4.79 Å². The van der Waals surface area contributed by atoms with Gasteiger partial charge >= 0.3 is 0 Å². The molecule has 0 saturated heterocycles. The SMILES string of the molecule is O=C(C[NH2+][C@H](c1ccccc1)c1ccco1)Nc1ccccc1-c1ccccc1. The number of nitrogens with one attached hydrogen (secondary N) is 1. The summed E-state index contributed by atoms with van der Waals surface area (Å²) in [5, 5.41) is 5.06. The molecular formula is C25H23N2O2+. The van der Waals surface area contributed by atoms with E-state index in [4.69, 9.17) is 4.42 Å². The largest absolute Gasteiger partial charge is 0.463 e. The van der Waals surface area contributed by atoms with E-state index in [1.54, 1.807) is 6.26 Å². The Morgan fingerprint density at radius 1 is 0.828 bits per heavy atom. The lowest BCUT2D eigenvalue weighted by Gasteiger charge is -2.15. The smallest absolute Gasteiger partial charge is 0.279 e. The molecule has 144 valence electrons. The number of carbonyl (C=O) groups is 1. The molecular weight excluding hydrogens is 360 g/mol. The molecule has 0 saturated carbocycles. The number of hydrogen-bond acceptors (Lipinski definition) is 2. The topological polar surface area (TPSA) is 58.9 Å². The highest BCUT2D eigenvalue weighted by Crippen LogP contribution is 2.27. The normalized spacial score (nSPS) is 11.7. The summed E-state index contributed by atoms with van der Waals surface area (Å²) in [5.41, 5.74) is 3.99. The fraction of sp³-hybridized carbons (Fsp3) is 0.0800. The summed E-state index contributed by atoms with van der Waals surface area (Å²) >= 11 is 0. The highest BCUT2D eigenvalue weighted by molar-refractivity contribution is 5.95. The molecule has 4 heteroatoms. The maximum atomic E-state index is 12.7. The first-order chi connectivity index (χ1) is 14.3. The van der Waals surface area contributed by atoms with E-state index in [-0.39, 0.29) is 18.5 Å². The summed E-state index contributed by atoms with van der Waals surface area (Å²) in [4.78, 5) is 12.7. The summed E-state index contributed by atoms with van der Waals surface area (Å²) in [6, 6.07) is 31.7. The number of carbonyl (C=O) groups excluding carboxylic acids is 1. The molecule has 0 fully saturated rings. The summed E-state index contributed by atoms with van der Waals surface area (Å²) in [5.74, 6) is 0.773. The number of anilines is 1. The summed E-state index contributed by atoms with van der Waals surface area (Å²) in [6.45, 7) is 0.281. The third kappa shape index (κ3) is 4.62. The van der Waals surface area contributed by atoms with Crippen molar-refractivity contribution in [3.05, 3.63) is 115 Å². The van der Waals surface area contributed by atoms with Crippen LogP contribution in [0.5, 0.6) is 0 Å². The van der Waals surface area contributed by atoms with Crippen molar-refractivity contribution in [2.75, 3.05) is 11.9 Å². The molecule has 1 atom stereocenters. The molecule has 3 N–H and O–H groups in total. The predicted octanol–water partition coefficient (Wildman–Crippen LogP) is 4.24. The van der Waals surface area contributed by atoms with E-state index in [1.807, 2.05) is 102 Å². The van der Waals surface area contributed by atoms with Crippen LogP contribution < -0.4 is 10.6 Å². The highest BCUT2D eigenvalue weighted by atomic mass is 16.3. The van der Waals surface area contributed by atoms with Crippen molar-refractivity contribution < 1.29 is 14.5 Å². The Balaban J connectivity index is 1.48. The quantitative estimate of drug-likeness (QED) is 0.502. The van der Waals surface area contributed by atoms with Crippen LogP contribution in [0.3, 0.4) is 0 Å². The molecule has 4 aromatic rings. The van der Waals surface area contributed by atoms with Crippen LogP contribution in [0.2, 0.25) is 0 Å². The number of furan rings is 1. The van der Waals surface area contributed by atoms with Crippen molar-refractivity contribution in [2.24, 2.45) is 0 Å². The Morgan fingerprint density at radius 2 is 1.52 bits per heavy atom. The van der Waals surface area contributed by atoms with Crippen LogP contribution in [-0.4, -0.2) is 12.5 Å². The molecule has 1 amide bonds. The van der Waals surface area contributed by atoms with Crippen LogP contribution in [0, 0.1) is 0 Å². The zero-order chi connectivity index (χ0) is 19.9. The predicted molar refractivity (Wildman–Crippen MR) is 114 cm³/mol. The van der Waals surface area contributed by atoms with E-state index in [0.717, 1.165) is 28.1 Å². The van der Waals surface area contributed by atoms with E-state index in [2.05, 4.69) is 5.32 Å². The lowest BCUT2D eigenvalue weighted by atomic mass is 10.0. The lowest BCUT2D eigenvalue weighted by molar-refractivity contribution is -0.678. The second-order valence-corrected chi connectivity index (χ2v) is 6.80. The number of para-hydroxylation sites is 1. The molecule has 4 rings (SSSR count). The number of benzene rings is 3. The van der Waals surface area contributed by atoms with E-state index in [0.29, 0.717) is 0 Å². The van der Waals surface area contributed by atoms with Crippen molar-refractivity contribution in [3.8, 4) is 11.1 Å². The minimum absolute atomic E-state index is 0.0548. The van der Waals surface area contributed by atoms with Gasteiger partial charge in [-0.15, -0.1) is 0 Å². The van der Waals surface area contributed by atoms with Crippen LogP contribution in [0.4, 0.5) is 5.69 Å². The molecule has 0 aliphatic carbocycles. The molecule has 0 aliphatic heterocycles. The molecule has 0 unspecified atom stereocenters. The third-order valence-electron chi connectivity index (χ3n) is 4.83. The van der Waals surface area contributed by atoms with Gasteiger partial charge in [0.25, 0.3) is 5.91 Å². The van der Waals surface area contributed by atoms with Gasteiger partial charge in [-0.1, -0.05) is 78.9 Å². The fourth-order valence-electron chi connectivity index (χ4n) is 3.43. The van der Waals surface area contributed by atoms with E-state index >= 15 is 0 Å². The van der Waals surface area contributed by atoms with E-state index < -0.39 is 0 Å². The fourth-order valence-corrected chi connectivity index (χ4v) is 3.43. The summed E-state index contributed by atoms with van der Waals surface area (Å²) < 4.78 is 5.61. The second-order valence-electron chi connectivity index (χ2n) is 6.80. The minimum atomic E-state index is -0.0682. The van der Waals surface area contributed by atoms with Crippen LogP contribution in [0.15, 0.2) is 108 Å². The Morgan fingerprint density at radius 3 is 2.24 bits per heavy atom. The maximum Gasteiger partial charge on any atom is 0.279 e. The van der Waals surface area contributed by atoms with Crippen molar-refractivity contribution in [1.82, 2.24) is 0 Å². The monoisotopic (exact) mass is 383 g/mol. The zero-order valence-corrected chi connectivity index (χ0v) is 16.0. The summed E-state index contributed by atoms with van der Waals surface area (Å²) in [6.07, 6.45) is 1.66. The first-order valence-corrected chi connectivity index (χ1v) is 9.67. The Labute approximate surface area is 170 Å². The maximum absolute atomic E-state index is 12.7. The van der Waals surface area contributed by atoms with Gasteiger partial charge in [-0.25, -0.2) is 0 Å². The van der Waals surface area contributed by atoms with Crippen molar-refractivity contribution >= 4 is 11.6 Å². The first kappa shape index (κ1) is 18.7. The number of hydrogen-bond donors (Lipinski definition) is 2. The van der Waals surface area contributed by atoms with Gasteiger partial charge in [-0.05, 0) is 23.8 Å². The van der Waals surface area contributed by atoms with Crippen LogP contribution in [0.25, 0.3) is 11.1 Å². The molecule has 0 spiro atoms. The molecule has 4 nitrogen and oxygen atoms in total. The Bertz CT molecular complexity index is 1040. The third-order valence-corrected chi connectivity index (χ3v) is 4.83. The standard InChI is InChI=1S/C25H22N2O2/c28-24(27-22-15-8-7-14-21(22)19-10-3-1-4-11-19)18-26-25(23-16-9-17-29-23)20-12-5-2-6-13-20/h1-17,25-26H,18H2,(H,27,28)/p+1/t25-/m1/s1. The summed E-state index contributed by atoms with van der Waals surface area (Å²) in [7, 11) is 0. The van der Waals surface area contributed by atoms with Gasteiger partial charge in [-0.2, -0.15) is 0 Å². The van der Waals surface area contributed by atoms with Crippen molar-refractivity contribution in [1.29, 1.82) is 0 Å². The molecule has 0 aliphatic rings. The molecule has 29 heavy (non-hydrogen) atoms. The van der Waals surface area contributed by atoms with Gasteiger partial charge in [0.1, 0.15) is 0 Å². The molecule has 1 aromatic heterocycles. The number of amides is 1. The Hall–Kier alpha value is -3.63. The number of rotatable bonds is 7. The van der Waals surface area contributed by atoms with Gasteiger partial charge in [0, 0.05) is 16.8 Å². The van der Waals surface area contributed by atoms with Crippen molar-refractivity contribution in [3.63, 3.8) is 0 Å². The number of nitrogens with two attached hydrogens (primary N) is 1. The molecule has 3 aromatic carbocycles. The van der Waals surface area contributed by atoms with E-state index in [9.17, 15) is 4.79 Å². The van der Waals surface area contributed by atoms with Gasteiger partial charge in [-0.3, -0.25) is 4.79 Å². The van der Waals surface area contributed by atoms with E-state index in [1.165, 1.54) is 0 Å². The van der Waals surface area contributed by atoms with Gasteiger partial charge in [0.05, 0.1) is 6.26 Å². The first-order valence-electron chi connectivity index (χ1n) is 9.67. The number of quaternary nitrogens is 1. The average molecular weight is 383 g/mol. The molecule has 0 bridgehead atoms. The van der Waals surface area contributed by atoms with Crippen LogP contribution >= 0.6 is 0 Å². The molecule has 1 heterocycles. The zero-order valence-electron chi connectivity index (χ0n) is 16.0. The minimum Gasteiger partial charge on any atom is -0.463 e. The van der Waals surface area contributed by atoms with Gasteiger partial charge in [0.15, 0.2) is 18.3 Å². The van der Waals surface area contributed by atoms with Crippen molar-refractivity contribution in [2.45, 2.75) is 6.04 Å². The highest BCUT2D eigenvalue weighted by Gasteiger charge is 2.21. The Kier molecular flexibility index (Phi) is 5.84. The lowest BCUT2D eigenvalue weighted by Crippen LogP contribution is -2.87.